The van der Waals surface area contributed by atoms with Crippen molar-refractivity contribution in [1.82, 2.24) is 35.0 Å². The Labute approximate surface area is 265 Å². The normalized spacial score (nSPS) is 11.9. The molecule has 0 saturated carbocycles. The third kappa shape index (κ3) is 6.18. The first kappa shape index (κ1) is 28.8. The zero-order valence-electron chi connectivity index (χ0n) is 25.3. The molecule has 10 nitrogen and oxygen atoms in total. The van der Waals surface area contributed by atoms with Crippen molar-refractivity contribution in [3.8, 4) is 11.6 Å². The third-order valence-electron chi connectivity index (χ3n) is 8.19. The Bertz CT molecular complexity index is 2080. The number of rotatable bonds is 11. The quantitative estimate of drug-likeness (QED) is 0.152. The summed E-state index contributed by atoms with van der Waals surface area (Å²) in [5.41, 5.74) is 5.43. The summed E-state index contributed by atoms with van der Waals surface area (Å²) in [5, 5.41) is 14.8. The number of carbonyl (C=O) groups excluding carboxylic acids is 1. The van der Waals surface area contributed by atoms with Gasteiger partial charge in [-0.15, -0.1) is 10.2 Å². The number of fused-ring (bicyclic) bond motifs is 2. The number of pyridine rings is 1. The molecule has 4 aromatic heterocycles. The highest BCUT2D eigenvalue weighted by molar-refractivity contribution is 5.84. The number of carbonyl (C=O) groups is 1. The van der Waals surface area contributed by atoms with Crippen molar-refractivity contribution in [3.63, 3.8) is 0 Å². The van der Waals surface area contributed by atoms with Crippen LogP contribution in [0.5, 0.6) is 11.6 Å². The summed E-state index contributed by atoms with van der Waals surface area (Å²) >= 11 is 0. The molecule has 0 aliphatic heterocycles. The average Bonchev–Trinajstić information content (AvgIpc) is 3.81. The van der Waals surface area contributed by atoms with Crippen LogP contribution in [0.2, 0.25) is 0 Å². The number of methoxy groups -OCH3 is 1. The summed E-state index contributed by atoms with van der Waals surface area (Å²) < 4.78 is 13.1. The van der Waals surface area contributed by atoms with E-state index in [4.69, 9.17) is 19.7 Å². The van der Waals surface area contributed by atoms with Crippen molar-refractivity contribution in [1.29, 1.82) is 0 Å². The number of aromatic amines is 2. The average molecular weight is 612 g/mol. The molecule has 46 heavy (non-hydrogen) atoms. The first-order valence-electron chi connectivity index (χ1n) is 15.2. The minimum Gasteiger partial charge on any atom is -0.497 e. The van der Waals surface area contributed by atoms with Crippen LogP contribution < -0.4 is 14.8 Å². The fraction of sp³-hybridized carbons (Fsp3) is 0.167. The second kappa shape index (κ2) is 13.0. The summed E-state index contributed by atoms with van der Waals surface area (Å²) in [5.74, 6) is 2.45. The van der Waals surface area contributed by atoms with Gasteiger partial charge in [-0.05, 0) is 53.4 Å². The Hall–Kier alpha value is -5.90. The van der Waals surface area contributed by atoms with Gasteiger partial charge in [0.05, 0.1) is 19.7 Å². The molecule has 230 valence electrons. The molecule has 0 aliphatic carbocycles. The Morgan fingerprint density at radius 2 is 1.52 bits per heavy atom. The van der Waals surface area contributed by atoms with Crippen LogP contribution in [-0.4, -0.2) is 42.9 Å². The third-order valence-corrected chi connectivity index (χ3v) is 8.19. The number of para-hydroxylation sites is 2. The van der Waals surface area contributed by atoms with Crippen LogP contribution in [-0.2, 0) is 25.8 Å². The van der Waals surface area contributed by atoms with Gasteiger partial charge in [-0.3, -0.25) is 0 Å². The highest BCUT2D eigenvalue weighted by atomic mass is 16.6. The zero-order chi connectivity index (χ0) is 31.3. The minimum absolute atomic E-state index is 0.213. The molecule has 4 heterocycles. The maximum absolute atomic E-state index is 13.3. The molecule has 0 fully saturated rings. The van der Waals surface area contributed by atoms with Gasteiger partial charge < -0.3 is 29.3 Å². The maximum atomic E-state index is 13.3. The van der Waals surface area contributed by atoms with Crippen LogP contribution in [0, 0.1) is 0 Å². The van der Waals surface area contributed by atoms with E-state index in [1.807, 2.05) is 54.7 Å². The Morgan fingerprint density at radius 1 is 0.826 bits per heavy atom. The zero-order valence-corrected chi connectivity index (χ0v) is 25.3. The molecule has 0 saturated heterocycles. The molecule has 0 bridgehead atoms. The van der Waals surface area contributed by atoms with Gasteiger partial charge in [0.2, 0.25) is 5.88 Å². The van der Waals surface area contributed by atoms with Gasteiger partial charge in [-0.25, -0.2) is 9.78 Å². The molecule has 10 heteroatoms. The van der Waals surface area contributed by atoms with E-state index in [9.17, 15) is 4.79 Å². The molecule has 7 aromatic rings. The first-order chi connectivity index (χ1) is 22.6. The lowest BCUT2D eigenvalue weighted by Crippen LogP contribution is -2.34. The molecule has 0 radical (unpaired) electrons. The van der Waals surface area contributed by atoms with E-state index in [1.54, 1.807) is 31.5 Å². The van der Waals surface area contributed by atoms with Crippen LogP contribution in [0.1, 0.15) is 34.4 Å². The second-order valence-electron chi connectivity index (χ2n) is 11.1. The van der Waals surface area contributed by atoms with Gasteiger partial charge in [0.1, 0.15) is 11.6 Å². The van der Waals surface area contributed by atoms with Crippen molar-refractivity contribution < 1.29 is 14.3 Å². The number of hydrogen-bond donors (Lipinski definition) is 3. The van der Waals surface area contributed by atoms with E-state index in [1.165, 1.54) is 10.9 Å². The number of benzene rings is 3. The number of nitrogens with one attached hydrogen (secondary N) is 3. The summed E-state index contributed by atoms with van der Waals surface area (Å²) in [6.45, 7) is 0.511. The lowest BCUT2D eigenvalue weighted by Gasteiger charge is -2.20. The Balaban J connectivity index is 1.25. The number of amides is 1. The van der Waals surface area contributed by atoms with Gasteiger partial charge in [0.25, 0.3) is 0 Å². The summed E-state index contributed by atoms with van der Waals surface area (Å²) in [6.07, 6.45) is 6.89. The van der Waals surface area contributed by atoms with Crippen molar-refractivity contribution in [2.45, 2.75) is 31.8 Å². The topological polar surface area (TPSA) is 123 Å². The van der Waals surface area contributed by atoms with E-state index >= 15 is 0 Å². The molecule has 1 amide bonds. The van der Waals surface area contributed by atoms with Crippen molar-refractivity contribution in [2.75, 3.05) is 7.11 Å². The standard InChI is InChI=1S/C36H33N7O3/c1-45-27-16-13-24(14-17-27)23-43-33(18-15-25-21-38-30-10-4-2-8-28(25)30)41-42-35(43)32(40-36(44)46-34-12-6-7-19-37-34)20-26-22-39-31-11-5-3-9-29(26)31/h2-14,16-17,19,21-22,32,38-39H,15,18,20,23H2,1H3,(H,40,44)/t32-/m0/s1. The number of H-pyrrole nitrogens is 2. The highest BCUT2D eigenvalue weighted by Gasteiger charge is 2.26. The lowest BCUT2D eigenvalue weighted by molar-refractivity contribution is 0.193. The molecule has 3 N–H and O–H groups in total. The Kier molecular flexibility index (Phi) is 8.15. The van der Waals surface area contributed by atoms with Crippen molar-refractivity contribution >= 4 is 27.9 Å². The first-order valence-corrected chi connectivity index (χ1v) is 15.2. The summed E-state index contributed by atoms with van der Waals surface area (Å²) in [6, 6.07) is 29.0. The monoisotopic (exact) mass is 611 g/mol. The fourth-order valence-corrected chi connectivity index (χ4v) is 5.86. The number of hydrogen-bond acceptors (Lipinski definition) is 6. The van der Waals surface area contributed by atoms with Gasteiger partial charge in [0.15, 0.2) is 5.82 Å². The molecule has 0 aliphatic rings. The molecule has 7 rings (SSSR count). The predicted octanol–water partition coefficient (Wildman–Crippen LogP) is 6.55. The molecule has 3 aromatic carbocycles. The van der Waals surface area contributed by atoms with E-state index in [0.29, 0.717) is 25.2 Å². The van der Waals surface area contributed by atoms with E-state index in [-0.39, 0.29) is 5.88 Å². The number of aryl methyl sites for hydroxylation is 2. The van der Waals surface area contributed by atoms with Crippen LogP contribution in [0.4, 0.5) is 4.79 Å². The largest absolute Gasteiger partial charge is 0.497 e. The van der Waals surface area contributed by atoms with E-state index in [2.05, 4.69) is 55.3 Å². The Morgan fingerprint density at radius 3 is 2.24 bits per heavy atom. The molecular weight excluding hydrogens is 578 g/mol. The number of ether oxygens (including phenoxy) is 2. The second-order valence-corrected chi connectivity index (χ2v) is 11.1. The van der Waals surface area contributed by atoms with Gasteiger partial charge in [0, 0.05) is 59.3 Å². The summed E-state index contributed by atoms with van der Waals surface area (Å²) in [7, 11) is 1.65. The lowest BCUT2D eigenvalue weighted by atomic mass is 10.0. The van der Waals surface area contributed by atoms with Gasteiger partial charge in [-0.2, -0.15) is 0 Å². The van der Waals surface area contributed by atoms with Gasteiger partial charge in [-0.1, -0.05) is 54.6 Å². The number of aromatic nitrogens is 6. The van der Waals surface area contributed by atoms with Crippen LogP contribution in [0.3, 0.4) is 0 Å². The SMILES string of the molecule is COc1ccc(Cn2c(CCc3c[nH]c4ccccc34)nnc2[C@H](Cc2c[nH]c3ccccc23)NC(=O)Oc2ccccn2)cc1. The van der Waals surface area contributed by atoms with Crippen molar-refractivity contribution in [2.24, 2.45) is 0 Å². The van der Waals surface area contributed by atoms with E-state index < -0.39 is 12.1 Å². The minimum atomic E-state index is -0.622. The fourth-order valence-electron chi connectivity index (χ4n) is 5.86. The molecular formula is C36H33N7O3. The highest BCUT2D eigenvalue weighted by Crippen LogP contribution is 2.27. The molecule has 0 unspecified atom stereocenters. The predicted molar refractivity (Wildman–Crippen MR) is 176 cm³/mol. The summed E-state index contributed by atoms with van der Waals surface area (Å²) in [4.78, 5) is 24.1. The smallest absolute Gasteiger partial charge is 0.414 e. The molecule has 1 atom stereocenters. The number of nitrogens with zero attached hydrogens (tertiary/aromatic N) is 4. The van der Waals surface area contributed by atoms with E-state index in [0.717, 1.165) is 45.5 Å². The van der Waals surface area contributed by atoms with Crippen molar-refractivity contribution in [3.05, 3.63) is 138 Å². The van der Waals surface area contributed by atoms with Crippen LogP contribution in [0.15, 0.2) is 110 Å². The molecule has 0 spiro atoms. The van der Waals surface area contributed by atoms with Crippen LogP contribution in [0.25, 0.3) is 21.8 Å². The van der Waals surface area contributed by atoms with Crippen LogP contribution >= 0.6 is 0 Å². The maximum Gasteiger partial charge on any atom is 0.414 e. The van der Waals surface area contributed by atoms with Gasteiger partial charge >= 0.3 is 6.09 Å².